The fourth-order valence-electron chi connectivity index (χ4n) is 1.79. The number of rotatable bonds is 1. The Morgan fingerprint density at radius 1 is 0.625 bits per heavy atom. The summed E-state index contributed by atoms with van der Waals surface area (Å²) < 4.78 is 2.83. The Bertz CT molecular complexity index is 641. The van der Waals surface area contributed by atoms with Crippen molar-refractivity contribution in [1.29, 1.82) is 0 Å². The van der Waals surface area contributed by atoms with Gasteiger partial charge in [0.25, 0.3) is 0 Å². The normalized spacial score (nSPS) is 11.8. The largest absolute Gasteiger partial charge is 0.150 e. The van der Waals surface area contributed by atoms with E-state index in [1.807, 2.05) is 22.7 Å². The molecule has 4 heteroatoms. The molecule has 4 heterocycles. The van der Waals surface area contributed by atoms with E-state index in [0.29, 0.717) is 0 Å². The predicted molar refractivity (Wildman–Crippen MR) is 78.4 cm³/mol. The maximum absolute atomic E-state index is 2.31. The molecule has 0 aliphatic rings. The van der Waals surface area contributed by atoms with Gasteiger partial charge < -0.3 is 0 Å². The highest BCUT2D eigenvalue weighted by Gasteiger charge is 2.08. The maximum Gasteiger partial charge on any atom is 0.0456 e. The molecule has 0 atom stereocenters. The molecule has 0 N–H and O–H groups in total. The summed E-state index contributed by atoms with van der Waals surface area (Å²) in [7, 11) is 0. The summed E-state index contributed by atoms with van der Waals surface area (Å²) in [6.45, 7) is 0. The van der Waals surface area contributed by atoms with Crippen molar-refractivity contribution in [3.63, 3.8) is 0 Å². The first-order chi connectivity index (χ1) is 7.90. The highest BCUT2D eigenvalue weighted by Crippen LogP contribution is 2.41. The summed E-state index contributed by atoms with van der Waals surface area (Å²) in [4.78, 5) is 2.81. The van der Waals surface area contributed by atoms with Gasteiger partial charge >= 0.3 is 0 Å². The van der Waals surface area contributed by atoms with Crippen molar-refractivity contribution in [2.24, 2.45) is 0 Å². The Balaban J connectivity index is 1.96. The van der Waals surface area contributed by atoms with Gasteiger partial charge in [-0.2, -0.15) is 22.7 Å². The first-order valence-electron chi connectivity index (χ1n) is 4.82. The Morgan fingerprint density at radius 3 is 1.56 bits per heavy atom. The second-order valence-electron chi connectivity index (χ2n) is 3.60. The van der Waals surface area contributed by atoms with E-state index in [1.54, 1.807) is 22.7 Å². The number of hydrogen-bond donors (Lipinski definition) is 0. The van der Waals surface area contributed by atoms with E-state index in [9.17, 15) is 0 Å². The van der Waals surface area contributed by atoms with Crippen LogP contribution in [-0.2, 0) is 0 Å². The van der Waals surface area contributed by atoms with Crippen LogP contribution in [0.25, 0.3) is 29.9 Å². The molecule has 0 bridgehead atoms. The minimum atomic E-state index is 1.39. The van der Waals surface area contributed by atoms with Crippen LogP contribution in [0.1, 0.15) is 0 Å². The van der Waals surface area contributed by atoms with Crippen LogP contribution in [0.5, 0.6) is 0 Å². The standard InChI is InChI=1S/C12H6S4/c1-7-3-13-5-11(7)15-9(1)10-2-8-4-14-6-12(8)16-10/h1-6H. The predicted octanol–water partition coefficient (Wildman–Crippen LogP) is 5.91. The zero-order valence-electron chi connectivity index (χ0n) is 8.10. The second kappa shape index (κ2) is 3.40. The van der Waals surface area contributed by atoms with Crippen molar-refractivity contribution in [3.8, 4) is 9.75 Å². The summed E-state index contributed by atoms with van der Waals surface area (Å²) in [6.07, 6.45) is 0. The van der Waals surface area contributed by atoms with Crippen LogP contribution in [0.4, 0.5) is 0 Å². The lowest BCUT2D eigenvalue weighted by Crippen LogP contribution is -1.57. The molecule has 16 heavy (non-hydrogen) atoms. The zero-order chi connectivity index (χ0) is 10.5. The van der Waals surface area contributed by atoms with Crippen LogP contribution in [0, 0.1) is 0 Å². The van der Waals surface area contributed by atoms with Gasteiger partial charge in [-0.3, -0.25) is 0 Å². The van der Waals surface area contributed by atoms with E-state index >= 15 is 0 Å². The molecule has 0 radical (unpaired) electrons. The minimum absolute atomic E-state index is 1.39. The summed E-state index contributed by atoms with van der Waals surface area (Å²) in [5, 5.41) is 11.7. The molecule has 0 spiro atoms. The summed E-state index contributed by atoms with van der Waals surface area (Å²) in [5.74, 6) is 0. The third kappa shape index (κ3) is 1.31. The lowest BCUT2D eigenvalue weighted by Gasteiger charge is -1.86. The molecule has 4 aromatic rings. The van der Waals surface area contributed by atoms with Crippen molar-refractivity contribution >= 4 is 65.5 Å². The van der Waals surface area contributed by atoms with Gasteiger partial charge in [0.05, 0.1) is 0 Å². The van der Waals surface area contributed by atoms with Crippen LogP contribution >= 0.6 is 45.3 Å². The minimum Gasteiger partial charge on any atom is -0.150 e. The maximum atomic E-state index is 2.31. The lowest BCUT2D eigenvalue weighted by molar-refractivity contribution is 2.03. The van der Waals surface area contributed by atoms with Gasteiger partial charge in [-0.05, 0) is 22.9 Å². The molecular weight excluding hydrogens is 272 g/mol. The van der Waals surface area contributed by atoms with Gasteiger partial charge in [0.1, 0.15) is 0 Å². The smallest absolute Gasteiger partial charge is 0.0456 e. The van der Waals surface area contributed by atoms with Crippen LogP contribution in [0.2, 0.25) is 0 Å². The molecule has 0 fully saturated rings. The average molecular weight is 278 g/mol. The van der Waals surface area contributed by atoms with Crippen molar-refractivity contribution in [2.45, 2.75) is 0 Å². The van der Waals surface area contributed by atoms with Crippen LogP contribution in [0.15, 0.2) is 33.7 Å². The van der Waals surface area contributed by atoms with Gasteiger partial charge in [-0.15, -0.1) is 22.7 Å². The lowest BCUT2D eigenvalue weighted by atomic mass is 10.3. The number of hydrogen-bond acceptors (Lipinski definition) is 4. The van der Waals surface area contributed by atoms with Gasteiger partial charge in [-0.1, -0.05) is 0 Å². The van der Waals surface area contributed by atoms with E-state index in [0.717, 1.165) is 0 Å². The number of fused-ring (bicyclic) bond motifs is 2. The fraction of sp³-hybridized carbons (Fsp3) is 0. The third-order valence-electron chi connectivity index (χ3n) is 2.57. The Kier molecular flexibility index (Phi) is 1.99. The highest BCUT2D eigenvalue weighted by atomic mass is 32.1. The third-order valence-corrected chi connectivity index (χ3v) is 6.78. The summed E-state index contributed by atoms with van der Waals surface area (Å²) in [5.41, 5.74) is 0. The molecule has 0 amide bonds. The second-order valence-corrected chi connectivity index (χ2v) is 7.26. The SMILES string of the molecule is c1scc2sc(-c3cc4cscc4s3)cc12. The first-order valence-corrected chi connectivity index (χ1v) is 8.34. The topological polar surface area (TPSA) is 0 Å². The van der Waals surface area contributed by atoms with Crippen molar-refractivity contribution in [2.75, 3.05) is 0 Å². The van der Waals surface area contributed by atoms with E-state index < -0.39 is 0 Å². The highest BCUT2D eigenvalue weighted by molar-refractivity contribution is 7.30. The van der Waals surface area contributed by atoms with Crippen LogP contribution in [-0.4, -0.2) is 0 Å². The average Bonchev–Trinajstić information content (AvgIpc) is 2.94. The van der Waals surface area contributed by atoms with E-state index in [2.05, 4.69) is 33.7 Å². The monoisotopic (exact) mass is 278 g/mol. The molecule has 0 saturated heterocycles. The Hall–Kier alpha value is -0.680. The Labute approximate surface area is 108 Å². The number of thiophene rings is 4. The van der Waals surface area contributed by atoms with E-state index in [1.165, 1.54) is 29.9 Å². The van der Waals surface area contributed by atoms with Gasteiger partial charge in [0, 0.05) is 40.7 Å². The summed E-state index contributed by atoms with van der Waals surface area (Å²) in [6, 6.07) is 4.62. The molecule has 78 valence electrons. The molecule has 0 aromatic carbocycles. The molecule has 0 saturated carbocycles. The fourth-order valence-corrected chi connectivity index (χ4v) is 5.88. The molecular formula is C12H6S4. The van der Waals surface area contributed by atoms with Crippen molar-refractivity contribution in [3.05, 3.63) is 33.7 Å². The first kappa shape index (κ1) is 9.36. The van der Waals surface area contributed by atoms with E-state index in [-0.39, 0.29) is 0 Å². The van der Waals surface area contributed by atoms with Gasteiger partial charge in [0.15, 0.2) is 0 Å². The quantitative estimate of drug-likeness (QED) is 0.406. The molecule has 4 aromatic heterocycles. The molecule has 0 aliphatic heterocycles. The Morgan fingerprint density at radius 2 is 1.12 bits per heavy atom. The molecule has 4 rings (SSSR count). The zero-order valence-corrected chi connectivity index (χ0v) is 11.4. The van der Waals surface area contributed by atoms with Crippen LogP contribution < -0.4 is 0 Å². The van der Waals surface area contributed by atoms with E-state index in [4.69, 9.17) is 0 Å². The van der Waals surface area contributed by atoms with Gasteiger partial charge in [0.2, 0.25) is 0 Å². The van der Waals surface area contributed by atoms with Gasteiger partial charge in [-0.25, -0.2) is 0 Å². The van der Waals surface area contributed by atoms with Crippen molar-refractivity contribution in [1.82, 2.24) is 0 Å². The molecule has 0 unspecified atom stereocenters. The van der Waals surface area contributed by atoms with Crippen molar-refractivity contribution < 1.29 is 0 Å². The summed E-state index contributed by atoms with van der Waals surface area (Å²) >= 11 is 7.37. The molecule has 0 nitrogen and oxygen atoms in total. The molecule has 0 aliphatic carbocycles. The van der Waals surface area contributed by atoms with Crippen LogP contribution in [0.3, 0.4) is 0 Å².